The molecule has 2 fully saturated rings. The van der Waals surface area contributed by atoms with E-state index in [1.165, 1.54) is 0 Å². The van der Waals surface area contributed by atoms with Crippen LogP contribution in [0.4, 0.5) is 0 Å². The van der Waals surface area contributed by atoms with Gasteiger partial charge in [0.05, 0.1) is 5.60 Å². The Balaban J connectivity index is 1.93. The molecule has 0 amide bonds. The molecule has 3 N–H and O–H groups in total. The molecule has 0 aromatic carbocycles. The predicted molar refractivity (Wildman–Crippen MR) is 86.6 cm³/mol. The number of nitrogens with one attached hydrogen (secondary N) is 2. The van der Waals surface area contributed by atoms with Gasteiger partial charge in [0.15, 0.2) is 0 Å². The summed E-state index contributed by atoms with van der Waals surface area (Å²) >= 11 is 0. The van der Waals surface area contributed by atoms with Crippen LogP contribution in [0.3, 0.4) is 0 Å². The fourth-order valence-electron chi connectivity index (χ4n) is 3.81. The van der Waals surface area contributed by atoms with E-state index in [4.69, 9.17) is 4.74 Å². The van der Waals surface area contributed by atoms with Crippen LogP contribution in [0.2, 0.25) is 0 Å². The van der Waals surface area contributed by atoms with Gasteiger partial charge in [0.25, 0.3) is 0 Å². The van der Waals surface area contributed by atoms with Gasteiger partial charge in [-0.25, -0.2) is 4.79 Å². The van der Waals surface area contributed by atoms with E-state index in [0.29, 0.717) is 0 Å². The van der Waals surface area contributed by atoms with Gasteiger partial charge in [-0.05, 0) is 51.5 Å². The number of aliphatic hydroxyl groups is 1. The van der Waals surface area contributed by atoms with Crippen LogP contribution in [-0.4, -0.2) is 47.5 Å². The van der Waals surface area contributed by atoms with Crippen molar-refractivity contribution in [3.8, 4) is 0 Å². The zero-order valence-electron chi connectivity index (χ0n) is 14.4. The molecule has 0 aromatic rings. The molecule has 5 heteroatoms. The summed E-state index contributed by atoms with van der Waals surface area (Å²) in [6, 6.07) is 0.167. The minimum Gasteiger partial charge on any atom is -0.461 e. The number of esters is 1. The molecular weight excluding hydrogens is 280 g/mol. The largest absolute Gasteiger partial charge is 0.461 e. The molecule has 0 radical (unpaired) electrons. The molecule has 1 heterocycles. The lowest BCUT2D eigenvalue weighted by atomic mass is 9.82. The van der Waals surface area contributed by atoms with Crippen molar-refractivity contribution in [3.63, 3.8) is 0 Å². The van der Waals surface area contributed by atoms with Crippen LogP contribution in [0.25, 0.3) is 0 Å². The lowest BCUT2D eigenvalue weighted by molar-refractivity contribution is -0.156. The summed E-state index contributed by atoms with van der Waals surface area (Å²) in [5.41, 5.74) is -1.25. The minimum absolute atomic E-state index is 0.0566. The van der Waals surface area contributed by atoms with Crippen molar-refractivity contribution in [1.82, 2.24) is 10.6 Å². The Morgan fingerprint density at radius 3 is 2.45 bits per heavy atom. The number of hydrogen-bond acceptors (Lipinski definition) is 5. The number of rotatable bonds is 8. The Morgan fingerprint density at radius 2 is 1.95 bits per heavy atom. The molecule has 4 atom stereocenters. The van der Waals surface area contributed by atoms with Gasteiger partial charge in [0.1, 0.15) is 11.6 Å². The van der Waals surface area contributed by atoms with E-state index >= 15 is 0 Å². The van der Waals surface area contributed by atoms with Gasteiger partial charge in [-0.1, -0.05) is 20.8 Å². The third-order valence-electron chi connectivity index (χ3n) is 5.72. The van der Waals surface area contributed by atoms with Gasteiger partial charge in [-0.3, -0.25) is 0 Å². The molecule has 1 saturated carbocycles. The van der Waals surface area contributed by atoms with Gasteiger partial charge in [-0.2, -0.15) is 0 Å². The monoisotopic (exact) mass is 312 g/mol. The molecule has 0 aromatic heterocycles. The lowest BCUT2D eigenvalue weighted by Crippen LogP contribution is -2.56. The van der Waals surface area contributed by atoms with Gasteiger partial charge < -0.3 is 20.5 Å². The van der Waals surface area contributed by atoms with Crippen molar-refractivity contribution in [3.05, 3.63) is 0 Å². The molecule has 4 unspecified atom stereocenters. The summed E-state index contributed by atoms with van der Waals surface area (Å²) in [5, 5.41) is 17.1. The fourth-order valence-corrected chi connectivity index (χ4v) is 3.81. The average Bonchev–Trinajstić information content (AvgIpc) is 3.27. The normalized spacial score (nSPS) is 30.9. The number of carbonyl (C=O) groups is 1. The standard InChI is InChI=1S/C17H32N2O3/c1-5-17(21,6-2)12-8-9-13(10-12)22-15(20)16(4,19-7-3)14-11-18-14/h12-14,18-19,21H,5-11H2,1-4H3. The zero-order chi connectivity index (χ0) is 16.4. The molecule has 2 rings (SSSR count). The topological polar surface area (TPSA) is 80.5 Å². The Morgan fingerprint density at radius 1 is 1.32 bits per heavy atom. The third kappa shape index (κ3) is 3.47. The van der Waals surface area contributed by atoms with Crippen LogP contribution >= 0.6 is 0 Å². The van der Waals surface area contributed by atoms with Crippen molar-refractivity contribution in [1.29, 1.82) is 0 Å². The second-order valence-corrected chi connectivity index (χ2v) is 7.04. The lowest BCUT2D eigenvalue weighted by Gasteiger charge is -2.32. The number of hydrogen-bond donors (Lipinski definition) is 3. The number of ether oxygens (including phenoxy) is 1. The van der Waals surface area contributed by atoms with Crippen molar-refractivity contribution in [2.45, 2.75) is 83.1 Å². The third-order valence-corrected chi connectivity index (χ3v) is 5.72. The van der Waals surface area contributed by atoms with Crippen LogP contribution < -0.4 is 10.6 Å². The zero-order valence-corrected chi connectivity index (χ0v) is 14.4. The van der Waals surface area contributed by atoms with Gasteiger partial charge in [0.2, 0.25) is 0 Å². The second-order valence-electron chi connectivity index (χ2n) is 7.04. The van der Waals surface area contributed by atoms with Gasteiger partial charge in [0, 0.05) is 12.6 Å². The fraction of sp³-hybridized carbons (Fsp3) is 0.941. The Labute approximate surface area is 134 Å². The van der Waals surface area contributed by atoms with E-state index in [0.717, 1.165) is 45.2 Å². The quantitative estimate of drug-likeness (QED) is 0.468. The molecule has 0 spiro atoms. The van der Waals surface area contributed by atoms with E-state index in [-0.39, 0.29) is 24.0 Å². The Bertz CT molecular complexity index is 393. The first-order valence-corrected chi connectivity index (χ1v) is 8.81. The van der Waals surface area contributed by atoms with Crippen molar-refractivity contribution >= 4 is 5.97 Å². The molecular formula is C17H32N2O3. The van der Waals surface area contributed by atoms with Crippen molar-refractivity contribution in [2.75, 3.05) is 13.1 Å². The Kier molecular flexibility index (Phi) is 5.51. The van der Waals surface area contributed by atoms with E-state index in [9.17, 15) is 9.90 Å². The van der Waals surface area contributed by atoms with Crippen molar-refractivity contribution in [2.24, 2.45) is 5.92 Å². The van der Waals surface area contributed by atoms with Crippen LogP contribution in [0.15, 0.2) is 0 Å². The molecule has 0 bridgehead atoms. The van der Waals surface area contributed by atoms with E-state index < -0.39 is 11.1 Å². The van der Waals surface area contributed by atoms with Gasteiger partial charge >= 0.3 is 5.97 Å². The SMILES string of the molecule is CCNC(C)(C(=O)OC1CCC(C(O)(CC)CC)C1)C1CN1. The molecule has 1 aliphatic carbocycles. The highest BCUT2D eigenvalue weighted by Gasteiger charge is 2.49. The highest BCUT2D eigenvalue weighted by atomic mass is 16.5. The highest BCUT2D eigenvalue weighted by molar-refractivity contribution is 5.82. The first-order valence-electron chi connectivity index (χ1n) is 8.81. The number of carbonyl (C=O) groups excluding carboxylic acids is 1. The maximum Gasteiger partial charge on any atom is 0.328 e. The average molecular weight is 312 g/mol. The maximum atomic E-state index is 12.6. The minimum atomic E-state index is -0.640. The predicted octanol–water partition coefficient (Wildman–Crippen LogP) is 1.59. The summed E-state index contributed by atoms with van der Waals surface area (Å²) in [6.45, 7) is 9.58. The van der Waals surface area contributed by atoms with Crippen molar-refractivity contribution < 1.29 is 14.6 Å². The van der Waals surface area contributed by atoms with E-state index in [1.807, 2.05) is 27.7 Å². The van der Waals surface area contributed by atoms with E-state index in [2.05, 4.69) is 10.6 Å². The molecule has 128 valence electrons. The molecule has 1 saturated heterocycles. The van der Waals surface area contributed by atoms with Crippen LogP contribution in [-0.2, 0) is 9.53 Å². The summed E-state index contributed by atoms with van der Waals surface area (Å²) in [5.74, 6) is 0.0799. The first-order chi connectivity index (χ1) is 10.4. The molecule has 1 aliphatic heterocycles. The van der Waals surface area contributed by atoms with E-state index in [1.54, 1.807) is 0 Å². The van der Waals surface area contributed by atoms with Crippen LogP contribution in [0, 0.1) is 5.92 Å². The first kappa shape index (κ1) is 17.7. The summed E-state index contributed by atoms with van der Waals surface area (Å²) in [6.07, 6.45) is 4.05. The number of likely N-dealkylation sites (N-methyl/N-ethyl adjacent to an activating group) is 1. The highest BCUT2D eigenvalue weighted by Crippen LogP contribution is 2.39. The van der Waals surface area contributed by atoms with Gasteiger partial charge in [-0.15, -0.1) is 0 Å². The molecule has 22 heavy (non-hydrogen) atoms. The van der Waals surface area contributed by atoms with Crippen LogP contribution in [0.5, 0.6) is 0 Å². The molecule has 2 aliphatic rings. The second kappa shape index (κ2) is 6.85. The summed E-state index contributed by atoms with van der Waals surface area (Å²) in [7, 11) is 0. The summed E-state index contributed by atoms with van der Waals surface area (Å²) in [4.78, 5) is 12.6. The smallest absolute Gasteiger partial charge is 0.328 e. The maximum absolute atomic E-state index is 12.6. The summed E-state index contributed by atoms with van der Waals surface area (Å²) < 4.78 is 5.79. The van der Waals surface area contributed by atoms with Crippen LogP contribution in [0.1, 0.15) is 59.8 Å². The molecule has 5 nitrogen and oxygen atoms in total. The Hall–Kier alpha value is -0.650.